The van der Waals surface area contributed by atoms with Crippen LogP contribution < -0.4 is 10.1 Å². The Morgan fingerprint density at radius 3 is 2.35 bits per heavy atom. The molecule has 0 unspecified atom stereocenters. The second-order valence-electron chi connectivity index (χ2n) is 6.04. The Kier molecular flexibility index (Phi) is 6.28. The molecule has 0 aromatic heterocycles. The van der Waals surface area contributed by atoms with E-state index in [0.717, 1.165) is 31.6 Å². The lowest BCUT2D eigenvalue weighted by Gasteiger charge is -2.10. The molecule has 0 aliphatic rings. The van der Waals surface area contributed by atoms with Gasteiger partial charge in [0.1, 0.15) is 12.4 Å². The number of benzene rings is 3. The number of nitrogens with one attached hydrogen (secondary N) is 1. The van der Waals surface area contributed by atoms with Gasteiger partial charge in [0.25, 0.3) is 5.91 Å². The maximum Gasteiger partial charge on any atom is 0.252 e. The first-order valence-corrected chi connectivity index (χ1v) is 9.50. The highest BCUT2D eigenvalue weighted by Gasteiger charge is 2.10. The van der Waals surface area contributed by atoms with Crippen LogP contribution in [0.4, 0.5) is 0 Å². The van der Waals surface area contributed by atoms with Crippen LogP contribution in [0.2, 0.25) is 0 Å². The predicted octanol–water partition coefficient (Wildman–Crippen LogP) is 5.11. The van der Waals surface area contributed by atoms with Crippen molar-refractivity contribution in [3.8, 4) is 5.75 Å². The van der Waals surface area contributed by atoms with Crippen LogP contribution in [-0.2, 0) is 13.2 Å². The Morgan fingerprint density at radius 2 is 1.62 bits per heavy atom. The number of hydrogen-bond acceptors (Lipinski definition) is 2. The van der Waals surface area contributed by atoms with Gasteiger partial charge in [-0.3, -0.25) is 4.79 Å². The summed E-state index contributed by atoms with van der Waals surface area (Å²) in [6, 6.07) is 23.6. The average molecular weight is 457 g/mol. The second kappa shape index (κ2) is 8.85. The number of para-hydroxylation sites is 1. The van der Waals surface area contributed by atoms with Gasteiger partial charge in [-0.2, -0.15) is 0 Å². The lowest BCUT2D eigenvalue weighted by molar-refractivity contribution is 0.0950. The van der Waals surface area contributed by atoms with Gasteiger partial charge in [0.15, 0.2) is 0 Å². The molecule has 4 heteroatoms. The van der Waals surface area contributed by atoms with Crippen LogP contribution in [0.3, 0.4) is 0 Å². The maximum absolute atomic E-state index is 12.4. The first-order chi connectivity index (χ1) is 12.6. The van der Waals surface area contributed by atoms with E-state index in [0.29, 0.717) is 13.2 Å². The van der Waals surface area contributed by atoms with Gasteiger partial charge in [-0.05, 0) is 64.4 Å². The third kappa shape index (κ3) is 4.85. The summed E-state index contributed by atoms with van der Waals surface area (Å²) in [4.78, 5) is 12.4. The lowest BCUT2D eigenvalue weighted by Crippen LogP contribution is -2.23. The number of ether oxygens (including phenoxy) is 1. The minimum absolute atomic E-state index is 0.0467. The Hall–Kier alpha value is -2.34. The van der Waals surface area contributed by atoms with E-state index in [-0.39, 0.29) is 5.91 Å². The van der Waals surface area contributed by atoms with Crippen LogP contribution in [0.5, 0.6) is 5.75 Å². The van der Waals surface area contributed by atoms with E-state index in [4.69, 9.17) is 4.74 Å². The molecule has 0 radical (unpaired) electrons. The highest BCUT2D eigenvalue weighted by molar-refractivity contribution is 14.1. The van der Waals surface area contributed by atoms with Gasteiger partial charge >= 0.3 is 0 Å². The van der Waals surface area contributed by atoms with Gasteiger partial charge in [0.05, 0.1) is 5.56 Å². The van der Waals surface area contributed by atoms with Gasteiger partial charge in [0.2, 0.25) is 0 Å². The Bertz CT molecular complexity index is 876. The summed E-state index contributed by atoms with van der Waals surface area (Å²) in [6.07, 6.45) is 0. The van der Waals surface area contributed by atoms with Gasteiger partial charge < -0.3 is 10.1 Å². The van der Waals surface area contributed by atoms with E-state index < -0.39 is 0 Å². The third-order valence-electron chi connectivity index (χ3n) is 4.06. The maximum atomic E-state index is 12.4. The van der Waals surface area contributed by atoms with Crippen molar-refractivity contribution in [2.45, 2.75) is 20.1 Å². The summed E-state index contributed by atoms with van der Waals surface area (Å²) in [6.45, 7) is 3.04. The third-order valence-corrected chi connectivity index (χ3v) is 5.49. The van der Waals surface area contributed by atoms with Crippen molar-refractivity contribution in [1.29, 1.82) is 0 Å². The van der Waals surface area contributed by atoms with Crippen LogP contribution in [0, 0.1) is 10.5 Å². The van der Waals surface area contributed by atoms with Crippen molar-refractivity contribution in [2.24, 2.45) is 0 Å². The zero-order valence-electron chi connectivity index (χ0n) is 14.5. The van der Waals surface area contributed by atoms with Crippen molar-refractivity contribution >= 4 is 28.5 Å². The topological polar surface area (TPSA) is 38.3 Å². The van der Waals surface area contributed by atoms with E-state index in [2.05, 4.69) is 27.9 Å². The molecule has 0 aliphatic carbocycles. The molecule has 1 N–H and O–H groups in total. The molecular weight excluding hydrogens is 437 g/mol. The highest BCUT2D eigenvalue weighted by atomic mass is 127. The first kappa shape index (κ1) is 18.5. The molecule has 26 heavy (non-hydrogen) atoms. The van der Waals surface area contributed by atoms with Gasteiger partial charge in [-0.25, -0.2) is 0 Å². The molecule has 3 aromatic rings. The number of carbonyl (C=O) groups is 1. The van der Waals surface area contributed by atoms with Crippen molar-refractivity contribution < 1.29 is 9.53 Å². The van der Waals surface area contributed by atoms with Crippen LogP contribution >= 0.6 is 22.6 Å². The fourth-order valence-corrected chi connectivity index (χ4v) is 3.14. The molecule has 0 atom stereocenters. The number of aryl methyl sites for hydroxylation is 1. The summed E-state index contributed by atoms with van der Waals surface area (Å²) in [7, 11) is 0. The number of carbonyl (C=O) groups excluding carboxylic acids is 1. The molecular formula is C22H20INO2. The van der Waals surface area contributed by atoms with Crippen molar-refractivity contribution in [3.63, 3.8) is 0 Å². The normalized spacial score (nSPS) is 10.4. The smallest absolute Gasteiger partial charge is 0.252 e. The molecule has 0 spiro atoms. The molecule has 3 rings (SSSR count). The Morgan fingerprint density at radius 1 is 0.923 bits per heavy atom. The lowest BCUT2D eigenvalue weighted by atomic mass is 10.1. The van der Waals surface area contributed by atoms with Crippen molar-refractivity contribution in [1.82, 2.24) is 5.32 Å². The molecule has 0 aliphatic heterocycles. The number of halogens is 1. The minimum atomic E-state index is -0.0467. The van der Waals surface area contributed by atoms with Gasteiger partial charge in [0, 0.05) is 10.1 Å². The molecule has 0 bridgehead atoms. The fraction of sp³-hybridized carbons (Fsp3) is 0.136. The fourth-order valence-electron chi connectivity index (χ4n) is 2.54. The quantitative estimate of drug-likeness (QED) is 0.523. The van der Waals surface area contributed by atoms with Crippen molar-refractivity contribution in [3.05, 3.63) is 98.6 Å². The second-order valence-corrected chi connectivity index (χ2v) is 7.12. The highest BCUT2D eigenvalue weighted by Crippen LogP contribution is 2.17. The standard InChI is InChI=1S/C22H20INO2/c1-16-6-5-9-20(21(16)23)22(25)24-14-17-10-12-18(13-11-17)15-26-19-7-3-2-4-8-19/h2-13H,14-15H2,1H3,(H,24,25). The molecule has 132 valence electrons. The molecule has 3 aromatic carbocycles. The molecule has 0 fully saturated rings. The van der Waals surface area contributed by atoms with Crippen LogP contribution in [-0.4, -0.2) is 5.91 Å². The van der Waals surface area contributed by atoms with Gasteiger partial charge in [-0.1, -0.05) is 54.6 Å². The SMILES string of the molecule is Cc1cccc(C(=O)NCc2ccc(COc3ccccc3)cc2)c1I. The summed E-state index contributed by atoms with van der Waals surface area (Å²) in [5, 5.41) is 2.99. The summed E-state index contributed by atoms with van der Waals surface area (Å²) >= 11 is 2.22. The first-order valence-electron chi connectivity index (χ1n) is 8.42. The zero-order valence-corrected chi connectivity index (χ0v) is 16.7. The van der Waals surface area contributed by atoms with Crippen LogP contribution in [0.1, 0.15) is 27.0 Å². The van der Waals surface area contributed by atoms with E-state index in [9.17, 15) is 4.79 Å². The van der Waals surface area contributed by atoms with E-state index >= 15 is 0 Å². The minimum Gasteiger partial charge on any atom is -0.489 e. The average Bonchev–Trinajstić information content (AvgIpc) is 2.68. The Balaban J connectivity index is 1.54. The molecule has 0 saturated carbocycles. The largest absolute Gasteiger partial charge is 0.489 e. The summed E-state index contributed by atoms with van der Waals surface area (Å²) in [5.74, 6) is 0.811. The molecule has 0 saturated heterocycles. The van der Waals surface area contributed by atoms with E-state index in [1.54, 1.807) is 0 Å². The number of amides is 1. The Labute approximate surface area is 167 Å². The predicted molar refractivity (Wildman–Crippen MR) is 112 cm³/mol. The monoisotopic (exact) mass is 457 g/mol. The zero-order chi connectivity index (χ0) is 18.4. The number of hydrogen-bond donors (Lipinski definition) is 1. The summed E-state index contributed by atoms with van der Waals surface area (Å²) < 4.78 is 6.74. The van der Waals surface area contributed by atoms with Crippen molar-refractivity contribution in [2.75, 3.05) is 0 Å². The van der Waals surface area contributed by atoms with E-state index in [1.165, 1.54) is 0 Å². The van der Waals surface area contributed by atoms with Crippen LogP contribution in [0.25, 0.3) is 0 Å². The van der Waals surface area contributed by atoms with Crippen LogP contribution in [0.15, 0.2) is 72.8 Å². The molecule has 3 nitrogen and oxygen atoms in total. The summed E-state index contributed by atoms with van der Waals surface area (Å²) in [5.41, 5.74) is 3.99. The molecule has 0 heterocycles. The molecule has 1 amide bonds. The number of rotatable bonds is 6. The van der Waals surface area contributed by atoms with Gasteiger partial charge in [-0.15, -0.1) is 0 Å². The van der Waals surface area contributed by atoms with E-state index in [1.807, 2.05) is 79.7 Å².